The Morgan fingerprint density at radius 2 is 1.85 bits per heavy atom. The summed E-state index contributed by atoms with van der Waals surface area (Å²) in [5.41, 5.74) is 3.37. The molecule has 0 saturated heterocycles. The number of methoxy groups -OCH3 is 1. The molecule has 1 aromatic heterocycles. The quantitative estimate of drug-likeness (QED) is 0.116. The van der Waals surface area contributed by atoms with Gasteiger partial charge in [0.1, 0.15) is 0 Å². The van der Waals surface area contributed by atoms with Gasteiger partial charge >= 0.3 is 0 Å². The molecule has 1 atom stereocenters. The number of thioether (sulfide) groups is 1. The van der Waals surface area contributed by atoms with Gasteiger partial charge in [-0.15, -0.1) is 10.2 Å². The summed E-state index contributed by atoms with van der Waals surface area (Å²) in [6.45, 7) is 2.03. The van der Waals surface area contributed by atoms with Crippen LogP contribution in [0, 0.1) is 6.92 Å². The SMILES string of the molecule is COc1cc(C2C(C(=O)/C=C/c3ccccc3)=C(O)C(=O)N2c2nnc(SCc3ccc(C)cc3)s2)cc(Br)c1O. The number of hydrogen-bond acceptors (Lipinski definition) is 9. The van der Waals surface area contributed by atoms with Crippen molar-refractivity contribution in [2.24, 2.45) is 0 Å². The van der Waals surface area contributed by atoms with Crippen LogP contribution < -0.4 is 9.64 Å². The van der Waals surface area contributed by atoms with E-state index in [-0.39, 0.29) is 22.2 Å². The molecular formula is C30H24BrN3O5S2. The van der Waals surface area contributed by atoms with Gasteiger partial charge in [-0.1, -0.05) is 89.3 Å². The van der Waals surface area contributed by atoms with Crippen LogP contribution in [0.15, 0.2) is 93.0 Å². The number of allylic oxidation sites excluding steroid dienone is 1. The van der Waals surface area contributed by atoms with Crippen LogP contribution >= 0.6 is 39.0 Å². The highest BCUT2D eigenvalue weighted by molar-refractivity contribution is 9.10. The average Bonchev–Trinajstić information content (AvgIpc) is 3.55. The molecule has 5 rings (SSSR count). The van der Waals surface area contributed by atoms with Crippen LogP contribution in [0.4, 0.5) is 5.13 Å². The first-order valence-corrected chi connectivity index (χ1v) is 15.0. The van der Waals surface area contributed by atoms with Gasteiger partial charge in [0.25, 0.3) is 5.91 Å². The predicted molar refractivity (Wildman–Crippen MR) is 163 cm³/mol. The van der Waals surface area contributed by atoms with Crippen molar-refractivity contribution in [3.8, 4) is 11.5 Å². The van der Waals surface area contributed by atoms with Gasteiger partial charge in [-0.3, -0.25) is 14.5 Å². The molecular weight excluding hydrogens is 626 g/mol. The van der Waals surface area contributed by atoms with Gasteiger partial charge in [0.05, 0.1) is 23.2 Å². The Kier molecular flexibility index (Phi) is 8.57. The van der Waals surface area contributed by atoms with E-state index < -0.39 is 23.5 Å². The summed E-state index contributed by atoms with van der Waals surface area (Å²) in [6, 6.07) is 19.4. The minimum atomic E-state index is -1.05. The Hall–Kier alpha value is -3.93. The van der Waals surface area contributed by atoms with Gasteiger partial charge in [0.2, 0.25) is 5.13 Å². The molecule has 0 spiro atoms. The fourth-order valence-electron chi connectivity index (χ4n) is 4.29. The molecule has 2 N–H and O–H groups in total. The van der Waals surface area contributed by atoms with Crippen LogP contribution in [0.1, 0.15) is 28.3 Å². The number of nitrogens with zero attached hydrogens (tertiary/aromatic N) is 3. The smallest absolute Gasteiger partial charge is 0.296 e. The van der Waals surface area contributed by atoms with E-state index in [2.05, 4.69) is 26.1 Å². The lowest BCUT2D eigenvalue weighted by Crippen LogP contribution is -2.31. The Balaban J connectivity index is 1.51. The molecule has 41 heavy (non-hydrogen) atoms. The number of amides is 1. The molecule has 8 nitrogen and oxygen atoms in total. The lowest BCUT2D eigenvalue weighted by atomic mass is 9.95. The fourth-order valence-corrected chi connectivity index (χ4v) is 6.57. The zero-order valence-electron chi connectivity index (χ0n) is 21.9. The number of carbonyl (C=O) groups excluding carboxylic acids is 2. The number of ether oxygens (including phenoxy) is 1. The molecule has 4 aromatic rings. The van der Waals surface area contributed by atoms with Gasteiger partial charge < -0.3 is 14.9 Å². The van der Waals surface area contributed by atoms with E-state index in [4.69, 9.17) is 4.74 Å². The van der Waals surface area contributed by atoms with Crippen molar-refractivity contribution in [2.75, 3.05) is 12.0 Å². The summed E-state index contributed by atoms with van der Waals surface area (Å²) >= 11 is 5.98. The maximum absolute atomic E-state index is 13.5. The molecule has 11 heteroatoms. The molecule has 1 unspecified atom stereocenters. The number of aliphatic hydroxyl groups is 1. The highest BCUT2D eigenvalue weighted by atomic mass is 79.9. The molecule has 0 fully saturated rings. The van der Waals surface area contributed by atoms with Gasteiger partial charge in [-0.05, 0) is 57.8 Å². The van der Waals surface area contributed by atoms with Crippen LogP contribution in [0.2, 0.25) is 0 Å². The second-order valence-corrected chi connectivity index (χ2v) is 12.2. The first-order chi connectivity index (χ1) is 19.8. The molecule has 0 aliphatic carbocycles. The lowest BCUT2D eigenvalue weighted by Gasteiger charge is -2.24. The van der Waals surface area contributed by atoms with Crippen molar-refractivity contribution < 1.29 is 24.5 Å². The summed E-state index contributed by atoms with van der Waals surface area (Å²) in [5.74, 6) is -1.35. The minimum absolute atomic E-state index is 0.120. The Morgan fingerprint density at radius 1 is 1.12 bits per heavy atom. The normalized spacial score (nSPS) is 15.2. The van der Waals surface area contributed by atoms with Crippen molar-refractivity contribution in [1.82, 2.24) is 10.2 Å². The van der Waals surface area contributed by atoms with Gasteiger partial charge in [-0.2, -0.15) is 0 Å². The van der Waals surface area contributed by atoms with E-state index in [1.54, 1.807) is 12.1 Å². The van der Waals surface area contributed by atoms with Crippen molar-refractivity contribution in [3.05, 3.63) is 111 Å². The summed E-state index contributed by atoms with van der Waals surface area (Å²) in [4.78, 5) is 28.3. The first kappa shape index (κ1) is 28.6. The maximum Gasteiger partial charge on any atom is 0.296 e. The first-order valence-electron chi connectivity index (χ1n) is 12.4. The third kappa shape index (κ3) is 6.07. The Morgan fingerprint density at radius 3 is 2.56 bits per heavy atom. The number of aromatic nitrogens is 2. The van der Waals surface area contributed by atoms with E-state index in [0.29, 0.717) is 20.1 Å². The van der Waals surface area contributed by atoms with Crippen LogP contribution in [-0.4, -0.2) is 39.2 Å². The highest BCUT2D eigenvalue weighted by Crippen LogP contribution is 2.46. The molecule has 1 amide bonds. The van der Waals surface area contributed by atoms with E-state index in [1.165, 1.54) is 52.8 Å². The summed E-state index contributed by atoms with van der Waals surface area (Å²) in [6.07, 6.45) is 2.94. The van der Waals surface area contributed by atoms with Crippen molar-refractivity contribution in [2.45, 2.75) is 23.1 Å². The molecule has 1 aliphatic heterocycles. The van der Waals surface area contributed by atoms with E-state index >= 15 is 0 Å². The standard InChI is InChI=1S/C30H24BrN3O5S2/c1-17-8-10-19(11-9-17)16-40-30-33-32-29(41-30)34-25(20-14-21(31)26(36)23(15-20)39-2)24(27(37)28(34)38)22(35)13-12-18-6-4-3-5-7-18/h3-15,25,36-37H,16H2,1-2H3/b13-12+. The number of anilines is 1. The Labute approximate surface area is 253 Å². The summed E-state index contributed by atoms with van der Waals surface area (Å²) in [7, 11) is 1.40. The molecule has 3 aromatic carbocycles. The zero-order valence-corrected chi connectivity index (χ0v) is 25.2. The molecule has 208 valence electrons. The monoisotopic (exact) mass is 649 g/mol. The number of phenols is 1. The number of carbonyl (C=O) groups is 2. The summed E-state index contributed by atoms with van der Waals surface area (Å²) < 4.78 is 6.24. The van der Waals surface area contributed by atoms with Crippen LogP contribution in [0.5, 0.6) is 11.5 Å². The van der Waals surface area contributed by atoms with E-state index in [0.717, 1.165) is 11.1 Å². The second-order valence-electron chi connectivity index (χ2n) is 9.13. The number of ketones is 1. The third-order valence-electron chi connectivity index (χ3n) is 6.37. The van der Waals surface area contributed by atoms with Crippen molar-refractivity contribution in [3.63, 3.8) is 0 Å². The van der Waals surface area contributed by atoms with Gasteiger partial charge in [-0.25, -0.2) is 0 Å². The average molecular weight is 651 g/mol. The van der Waals surface area contributed by atoms with Crippen LogP contribution in [0.25, 0.3) is 6.08 Å². The second kappa shape index (κ2) is 12.3. The van der Waals surface area contributed by atoms with E-state index in [1.807, 2.05) is 61.5 Å². The lowest BCUT2D eigenvalue weighted by molar-refractivity contribution is -0.117. The number of halogens is 1. The molecule has 1 aliphatic rings. The highest BCUT2D eigenvalue weighted by Gasteiger charge is 2.45. The molecule has 0 radical (unpaired) electrons. The Bertz CT molecular complexity index is 1670. The van der Waals surface area contributed by atoms with Gasteiger partial charge in [0, 0.05) is 5.75 Å². The van der Waals surface area contributed by atoms with Crippen molar-refractivity contribution >= 4 is 61.9 Å². The number of hydrogen-bond donors (Lipinski definition) is 2. The third-order valence-corrected chi connectivity index (χ3v) is 9.10. The molecule has 2 heterocycles. The van der Waals surface area contributed by atoms with Crippen molar-refractivity contribution in [1.29, 1.82) is 0 Å². The number of aliphatic hydroxyl groups excluding tert-OH is 1. The predicted octanol–water partition coefficient (Wildman–Crippen LogP) is 6.80. The van der Waals surface area contributed by atoms with Crippen LogP contribution in [-0.2, 0) is 15.3 Å². The fraction of sp³-hybridized carbons (Fsp3) is 0.133. The topological polar surface area (TPSA) is 113 Å². The minimum Gasteiger partial charge on any atom is -0.503 e. The maximum atomic E-state index is 13.5. The van der Waals surface area contributed by atoms with Crippen LogP contribution in [0.3, 0.4) is 0 Å². The number of phenolic OH excluding ortho intramolecular Hbond substituents is 1. The molecule has 0 bridgehead atoms. The largest absolute Gasteiger partial charge is 0.503 e. The number of aryl methyl sites for hydroxylation is 1. The molecule has 0 saturated carbocycles. The zero-order chi connectivity index (χ0) is 29.1. The number of aromatic hydroxyl groups is 1. The van der Waals surface area contributed by atoms with E-state index in [9.17, 15) is 19.8 Å². The van der Waals surface area contributed by atoms with Gasteiger partial charge in [0.15, 0.2) is 27.4 Å². The summed E-state index contributed by atoms with van der Waals surface area (Å²) in [5, 5.41) is 30.1. The number of benzene rings is 3. The number of rotatable bonds is 9.